The zero-order chi connectivity index (χ0) is 30.8. The minimum absolute atomic E-state index is 0.206. The Kier molecular flexibility index (Phi) is 23.7. The van der Waals surface area contributed by atoms with Crippen molar-refractivity contribution in [2.75, 3.05) is 6.61 Å². The molecule has 3 atom stereocenters. The Bertz CT molecular complexity index is 794. The summed E-state index contributed by atoms with van der Waals surface area (Å²) in [5, 5.41) is 33.2. The first kappa shape index (κ1) is 38.5. The molecular formula is C35H61F2NO4. The summed E-state index contributed by atoms with van der Waals surface area (Å²) in [5.74, 6) is -1.80. The highest BCUT2D eigenvalue weighted by Crippen LogP contribution is 2.16. The van der Waals surface area contributed by atoms with Gasteiger partial charge in [0, 0.05) is 6.42 Å². The van der Waals surface area contributed by atoms with Gasteiger partial charge in [0.15, 0.2) is 11.6 Å². The van der Waals surface area contributed by atoms with Crippen molar-refractivity contribution >= 4 is 5.91 Å². The lowest BCUT2D eigenvalue weighted by atomic mass is 9.99. The maximum atomic E-state index is 13.2. The van der Waals surface area contributed by atoms with E-state index in [1.54, 1.807) is 6.07 Å². The van der Waals surface area contributed by atoms with Crippen LogP contribution in [0.15, 0.2) is 18.2 Å². The fourth-order valence-electron chi connectivity index (χ4n) is 5.52. The first-order chi connectivity index (χ1) is 20.4. The summed E-state index contributed by atoms with van der Waals surface area (Å²) < 4.78 is 26.2. The van der Waals surface area contributed by atoms with Gasteiger partial charge in [-0.3, -0.25) is 4.79 Å². The molecule has 0 heterocycles. The van der Waals surface area contributed by atoms with Crippen molar-refractivity contribution in [1.29, 1.82) is 0 Å². The van der Waals surface area contributed by atoms with E-state index in [2.05, 4.69) is 12.2 Å². The van der Waals surface area contributed by atoms with Gasteiger partial charge < -0.3 is 20.6 Å². The van der Waals surface area contributed by atoms with Crippen LogP contribution in [0.5, 0.6) is 0 Å². The van der Waals surface area contributed by atoms with Gasteiger partial charge in [0.1, 0.15) is 6.10 Å². The molecule has 1 aromatic rings. The van der Waals surface area contributed by atoms with Crippen molar-refractivity contribution in [3.8, 4) is 0 Å². The number of amides is 1. The van der Waals surface area contributed by atoms with Crippen LogP contribution < -0.4 is 5.32 Å². The molecule has 0 saturated heterocycles. The molecule has 0 fully saturated rings. The zero-order valence-electron chi connectivity index (χ0n) is 26.4. The molecule has 0 aromatic heterocycles. The number of rotatable bonds is 28. The van der Waals surface area contributed by atoms with Crippen LogP contribution in [0, 0.1) is 11.6 Å². The van der Waals surface area contributed by atoms with E-state index in [0.717, 1.165) is 82.6 Å². The third-order valence-corrected chi connectivity index (χ3v) is 8.31. The Morgan fingerprint density at radius 1 is 0.714 bits per heavy atom. The second-order valence-electron chi connectivity index (χ2n) is 12.2. The number of aryl methyl sites for hydroxylation is 1. The molecular weight excluding hydrogens is 536 g/mol. The number of carbonyl (C=O) groups is 1. The van der Waals surface area contributed by atoms with Gasteiger partial charge in [0.25, 0.3) is 0 Å². The minimum Gasteiger partial charge on any atom is -0.394 e. The summed E-state index contributed by atoms with van der Waals surface area (Å²) in [5.41, 5.74) is 0.831. The van der Waals surface area contributed by atoms with Crippen molar-refractivity contribution in [3.63, 3.8) is 0 Å². The smallest absolute Gasteiger partial charge is 0.220 e. The number of aliphatic hydroxyl groups excluding tert-OH is 3. The third-order valence-electron chi connectivity index (χ3n) is 8.31. The largest absolute Gasteiger partial charge is 0.394 e. The molecule has 42 heavy (non-hydrogen) atoms. The van der Waals surface area contributed by atoms with E-state index in [1.165, 1.54) is 69.9 Å². The fourth-order valence-corrected chi connectivity index (χ4v) is 5.52. The van der Waals surface area contributed by atoms with E-state index >= 15 is 0 Å². The molecule has 0 radical (unpaired) electrons. The Morgan fingerprint density at radius 3 is 1.74 bits per heavy atom. The van der Waals surface area contributed by atoms with E-state index in [0.29, 0.717) is 12.8 Å². The first-order valence-electron chi connectivity index (χ1n) is 17.1. The van der Waals surface area contributed by atoms with Crippen LogP contribution in [0.2, 0.25) is 0 Å². The molecule has 1 rings (SSSR count). The van der Waals surface area contributed by atoms with E-state index < -0.39 is 36.5 Å². The molecule has 0 aliphatic heterocycles. The molecule has 0 aliphatic carbocycles. The minimum atomic E-state index is -1.17. The number of nitrogens with one attached hydrogen (secondary N) is 1. The van der Waals surface area contributed by atoms with Gasteiger partial charge in [-0.05, 0) is 43.4 Å². The van der Waals surface area contributed by atoms with Crippen LogP contribution in [0.25, 0.3) is 0 Å². The molecule has 0 aliphatic rings. The zero-order valence-corrected chi connectivity index (χ0v) is 26.4. The Morgan fingerprint density at radius 2 is 1.21 bits per heavy atom. The number of hydrogen-bond acceptors (Lipinski definition) is 4. The van der Waals surface area contributed by atoms with Gasteiger partial charge in [0.05, 0.1) is 18.8 Å². The van der Waals surface area contributed by atoms with E-state index in [9.17, 15) is 28.9 Å². The highest BCUT2D eigenvalue weighted by Gasteiger charge is 2.26. The summed E-state index contributed by atoms with van der Waals surface area (Å²) in [4.78, 5) is 12.3. The third kappa shape index (κ3) is 19.6. The molecule has 4 N–H and O–H groups in total. The summed E-state index contributed by atoms with van der Waals surface area (Å²) in [6, 6.07) is 3.25. The summed E-state index contributed by atoms with van der Waals surface area (Å²) in [6.07, 6.45) is 22.3. The standard InChI is InChI=1S/C35H61F2NO4/c1-2-3-4-5-6-7-8-9-10-14-17-20-23-33(40)35(42)32(28-39)38-34(41)24-21-18-15-12-11-13-16-19-22-29-25-26-30(36)31(37)27-29/h25-27,32-33,35,39-40,42H,2-24,28H2,1H3,(H,38,41)/t32-,33+,35-/m0/s1. The van der Waals surface area contributed by atoms with Crippen molar-refractivity contribution in [2.45, 2.75) is 173 Å². The van der Waals surface area contributed by atoms with Crippen LogP contribution in [0.1, 0.15) is 154 Å². The topological polar surface area (TPSA) is 89.8 Å². The monoisotopic (exact) mass is 597 g/mol. The van der Waals surface area contributed by atoms with Gasteiger partial charge in [-0.25, -0.2) is 8.78 Å². The second-order valence-corrected chi connectivity index (χ2v) is 12.2. The summed E-state index contributed by atoms with van der Waals surface area (Å²) in [6.45, 7) is 1.84. The number of halogens is 2. The van der Waals surface area contributed by atoms with Crippen LogP contribution >= 0.6 is 0 Å². The maximum Gasteiger partial charge on any atom is 0.220 e. The quantitative estimate of drug-likeness (QED) is 0.0732. The average Bonchev–Trinajstić information content (AvgIpc) is 2.98. The number of benzene rings is 1. The highest BCUT2D eigenvalue weighted by molar-refractivity contribution is 5.76. The van der Waals surface area contributed by atoms with Gasteiger partial charge >= 0.3 is 0 Å². The van der Waals surface area contributed by atoms with Crippen molar-refractivity contribution in [1.82, 2.24) is 5.32 Å². The van der Waals surface area contributed by atoms with Gasteiger partial charge in [-0.2, -0.15) is 0 Å². The van der Waals surface area contributed by atoms with E-state index in [1.807, 2.05) is 0 Å². The summed E-state index contributed by atoms with van der Waals surface area (Å²) >= 11 is 0. The average molecular weight is 598 g/mol. The molecule has 0 bridgehead atoms. The molecule has 0 spiro atoms. The Hall–Kier alpha value is -1.57. The molecule has 244 valence electrons. The molecule has 7 heteroatoms. The Balaban J connectivity index is 2.00. The van der Waals surface area contributed by atoms with Crippen LogP contribution in [0.4, 0.5) is 8.78 Å². The predicted octanol–water partition coefficient (Wildman–Crippen LogP) is 8.31. The Labute approximate surface area is 254 Å². The van der Waals surface area contributed by atoms with E-state index in [-0.39, 0.29) is 5.91 Å². The number of unbranched alkanes of at least 4 members (excludes halogenated alkanes) is 18. The maximum absolute atomic E-state index is 13.2. The first-order valence-corrected chi connectivity index (χ1v) is 17.1. The SMILES string of the molecule is CCCCCCCCCCCCCC[C@@H](O)[C@@H](O)[C@H](CO)NC(=O)CCCCCCCCCCc1ccc(F)c(F)c1. The lowest BCUT2D eigenvalue weighted by Gasteiger charge is -2.26. The van der Waals surface area contributed by atoms with Crippen molar-refractivity contribution in [3.05, 3.63) is 35.4 Å². The molecule has 1 amide bonds. The molecule has 1 aromatic carbocycles. The van der Waals surface area contributed by atoms with E-state index in [4.69, 9.17) is 0 Å². The fraction of sp³-hybridized carbons (Fsp3) is 0.800. The predicted molar refractivity (Wildman–Crippen MR) is 168 cm³/mol. The van der Waals surface area contributed by atoms with Crippen LogP contribution in [-0.2, 0) is 11.2 Å². The highest BCUT2D eigenvalue weighted by atomic mass is 19.2. The second kappa shape index (κ2) is 25.9. The summed E-state index contributed by atoms with van der Waals surface area (Å²) in [7, 11) is 0. The van der Waals surface area contributed by atoms with Crippen LogP contribution in [0.3, 0.4) is 0 Å². The number of hydrogen-bond donors (Lipinski definition) is 4. The van der Waals surface area contributed by atoms with Crippen molar-refractivity contribution in [2.24, 2.45) is 0 Å². The van der Waals surface area contributed by atoms with Crippen LogP contribution in [-0.4, -0.2) is 46.1 Å². The number of aliphatic hydroxyl groups is 3. The lowest BCUT2D eigenvalue weighted by Crippen LogP contribution is -2.50. The number of carbonyl (C=O) groups excluding carboxylic acids is 1. The molecule has 0 unspecified atom stereocenters. The van der Waals surface area contributed by atoms with Gasteiger partial charge in [-0.15, -0.1) is 0 Å². The van der Waals surface area contributed by atoms with Crippen molar-refractivity contribution < 1.29 is 28.9 Å². The molecule has 5 nitrogen and oxygen atoms in total. The van der Waals surface area contributed by atoms with Gasteiger partial charge in [-0.1, -0.05) is 129 Å². The molecule has 0 saturated carbocycles. The normalized spacial score (nSPS) is 13.7. The lowest BCUT2D eigenvalue weighted by molar-refractivity contribution is -0.124. The van der Waals surface area contributed by atoms with Gasteiger partial charge in [0.2, 0.25) is 5.91 Å².